The van der Waals surface area contributed by atoms with E-state index in [2.05, 4.69) is 9.46 Å². The maximum Gasteiger partial charge on any atom is 0.349 e. The van der Waals surface area contributed by atoms with Crippen LogP contribution in [-0.4, -0.2) is 21.5 Å². The van der Waals surface area contributed by atoms with Gasteiger partial charge in [-0.3, -0.25) is 0 Å². The zero-order valence-corrected chi connectivity index (χ0v) is 12.9. The Morgan fingerprint density at radius 1 is 1.32 bits per heavy atom. The molecule has 0 spiro atoms. The zero-order chi connectivity index (χ0) is 16.3. The van der Waals surface area contributed by atoms with Crippen LogP contribution in [0.3, 0.4) is 0 Å². The highest BCUT2D eigenvalue weighted by atomic mass is 32.2. The number of benzene rings is 1. The molecule has 0 aliphatic rings. The highest BCUT2D eigenvalue weighted by molar-refractivity contribution is 7.89. The third-order valence-corrected chi connectivity index (χ3v) is 5.22. The minimum atomic E-state index is -4.06. The molecule has 0 amide bonds. The van der Waals surface area contributed by atoms with Crippen molar-refractivity contribution in [2.45, 2.75) is 11.4 Å². The zero-order valence-electron chi connectivity index (χ0n) is 11.3. The Bertz CT molecular complexity index is 802. The van der Waals surface area contributed by atoms with E-state index < -0.39 is 34.2 Å². The van der Waals surface area contributed by atoms with Gasteiger partial charge in [0.15, 0.2) is 0 Å². The molecule has 0 radical (unpaired) electrons. The topological polar surface area (TPSA) is 72.5 Å². The lowest BCUT2D eigenvalue weighted by Gasteiger charge is -2.08. The van der Waals surface area contributed by atoms with Gasteiger partial charge in [0.25, 0.3) is 0 Å². The van der Waals surface area contributed by atoms with E-state index in [-0.39, 0.29) is 15.3 Å². The molecule has 2 aromatic rings. The number of hydrogen-bond donors (Lipinski definition) is 1. The van der Waals surface area contributed by atoms with Crippen LogP contribution in [0.4, 0.5) is 8.78 Å². The molecule has 5 nitrogen and oxygen atoms in total. The quantitative estimate of drug-likeness (QED) is 0.843. The number of methoxy groups -OCH3 is 1. The number of halogens is 2. The molecule has 0 saturated heterocycles. The van der Waals surface area contributed by atoms with Crippen LogP contribution in [0.2, 0.25) is 0 Å². The average Bonchev–Trinajstić information content (AvgIpc) is 2.98. The minimum absolute atomic E-state index is 0.0882. The summed E-state index contributed by atoms with van der Waals surface area (Å²) in [6, 6.07) is 3.97. The summed E-state index contributed by atoms with van der Waals surface area (Å²) < 4.78 is 57.5. The van der Waals surface area contributed by atoms with Crippen molar-refractivity contribution in [2.75, 3.05) is 7.11 Å². The first kappa shape index (κ1) is 16.5. The maximum atomic E-state index is 13.5. The van der Waals surface area contributed by atoms with Gasteiger partial charge in [0.2, 0.25) is 10.0 Å². The van der Waals surface area contributed by atoms with Crippen molar-refractivity contribution in [3.05, 3.63) is 51.7 Å². The van der Waals surface area contributed by atoms with Gasteiger partial charge in [-0.25, -0.2) is 26.7 Å². The molecule has 2 rings (SSSR count). The predicted octanol–water partition coefficient (Wildman–Crippen LogP) is 2.29. The lowest BCUT2D eigenvalue weighted by Crippen LogP contribution is -2.25. The maximum absolute atomic E-state index is 13.5. The number of hydrogen-bond acceptors (Lipinski definition) is 5. The minimum Gasteiger partial charge on any atom is -0.465 e. The van der Waals surface area contributed by atoms with Crippen LogP contribution in [0.1, 0.15) is 15.2 Å². The SMILES string of the molecule is COC(=O)c1sccc1S(=O)(=O)NCc1cc(F)ccc1F. The van der Waals surface area contributed by atoms with Gasteiger partial charge >= 0.3 is 5.97 Å². The first-order chi connectivity index (χ1) is 10.3. The first-order valence-corrected chi connectivity index (χ1v) is 8.31. The Kier molecular flexibility index (Phi) is 4.89. The molecule has 1 aromatic heterocycles. The fourth-order valence-electron chi connectivity index (χ4n) is 1.68. The van der Waals surface area contributed by atoms with Gasteiger partial charge in [0, 0.05) is 12.1 Å². The summed E-state index contributed by atoms with van der Waals surface area (Å²) in [6.07, 6.45) is 0. The molecule has 22 heavy (non-hydrogen) atoms. The Labute approximate surface area is 129 Å². The van der Waals surface area contributed by atoms with Crippen molar-refractivity contribution in [3.63, 3.8) is 0 Å². The van der Waals surface area contributed by atoms with Crippen molar-refractivity contribution >= 4 is 27.3 Å². The predicted molar refractivity (Wildman–Crippen MR) is 76.0 cm³/mol. The standard InChI is InChI=1S/C13H11F2NO4S2/c1-20-13(17)12-11(4-5-21-12)22(18,19)16-7-8-6-9(14)2-3-10(8)15/h2-6,16H,7H2,1H3. The second kappa shape index (κ2) is 6.51. The summed E-state index contributed by atoms with van der Waals surface area (Å²) in [5.41, 5.74) is -0.140. The van der Waals surface area contributed by atoms with E-state index in [0.29, 0.717) is 0 Å². The van der Waals surface area contributed by atoms with Crippen LogP contribution in [-0.2, 0) is 21.3 Å². The molecule has 0 unspecified atom stereocenters. The molecule has 0 aliphatic heterocycles. The molecule has 9 heteroatoms. The Morgan fingerprint density at radius 2 is 2.05 bits per heavy atom. The van der Waals surface area contributed by atoms with Crippen LogP contribution in [0.25, 0.3) is 0 Å². The van der Waals surface area contributed by atoms with Gasteiger partial charge in [-0.05, 0) is 29.6 Å². The van der Waals surface area contributed by atoms with Crippen LogP contribution in [0.5, 0.6) is 0 Å². The van der Waals surface area contributed by atoms with Crippen molar-refractivity contribution < 1.29 is 26.7 Å². The lowest BCUT2D eigenvalue weighted by molar-refractivity contribution is 0.0602. The molecule has 0 fully saturated rings. The highest BCUT2D eigenvalue weighted by Crippen LogP contribution is 2.23. The number of ether oxygens (including phenoxy) is 1. The molecule has 118 valence electrons. The van der Waals surface area contributed by atoms with Gasteiger partial charge in [-0.1, -0.05) is 0 Å². The summed E-state index contributed by atoms with van der Waals surface area (Å²) in [7, 11) is -2.93. The number of carbonyl (C=O) groups excluding carboxylic acids is 1. The highest BCUT2D eigenvalue weighted by Gasteiger charge is 2.24. The van der Waals surface area contributed by atoms with Crippen molar-refractivity contribution in [1.82, 2.24) is 4.72 Å². The van der Waals surface area contributed by atoms with Crippen molar-refractivity contribution in [1.29, 1.82) is 0 Å². The summed E-state index contributed by atoms with van der Waals surface area (Å²) >= 11 is 0.909. The van der Waals surface area contributed by atoms with Crippen molar-refractivity contribution in [3.8, 4) is 0 Å². The number of nitrogens with one attached hydrogen (secondary N) is 1. The largest absolute Gasteiger partial charge is 0.465 e. The van der Waals surface area contributed by atoms with E-state index in [4.69, 9.17) is 0 Å². The first-order valence-electron chi connectivity index (χ1n) is 5.94. The molecular formula is C13H11F2NO4S2. The van der Waals surface area contributed by atoms with Crippen LogP contribution in [0.15, 0.2) is 34.5 Å². The number of carbonyl (C=O) groups is 1. The van der Waals surface area contributed by atoms with Crippen LogP contribution in [0, 0.1) is 11.6 Å². The fraction of sp³-hybridized carbons (Fsp3) is 0.154. The monoisotopic (exact) mass is 347 g/mol. The summed E-state index contributed by atoms with van der Waals surface area (Å²) in [5.74, 6) is -2.20. The van der Waals surface area contributed by atoms with E-state index in [1.807, 2.05) is 0 Å². The molecule has 1 heterocycles. The van der Waals surface area contributed by atoms with E-state index in [1.165, 1.54) is 11.4 Å². The van der Waals surface area contributed by atoms with Crippen LogP contribution < -0.4 is 4.72 Å². The van der Waals surface area contributed by atoms with E-state index in [0.717, 1.165) is 36.6 Å². The number of sulfonamides is 1. The van der Waals surface area contributed by atoms with Gasteiger partial charge in [0.05, 0.1) is 7.11 Å². The van der Waals surface area contributed by atoms with Gasteiger partial charge in [0.1, 0.15) is 21.4 Å². The number of rotatable bonds is 5. The van der Waals surface area contributed by atoms with E-state index in [9.17, 15) is 22.0 Å². The van der Waals surface area contributed by atoms with Crippen molar-refractivity contribution in [2.24, 2.45) is 0 Å². The molecule has 0 saturated carbocycles. The number of thiophene rings is 1. The molecule has 1 N–H and O–H groups in total. The molecular weight excluding hydrogens is 336 g/mol. The van der Waals surface area contributed by atoms with Gasteiger partial charge in [-0.2, -0.15) is 0 Å². The van der Waals surface area contributed by atoms with Gasteiger partial charge < -0.3 is 4.74 Å². The normalized spacial score (nSPS) is 11.4. The smallest absolute Gasteiger partial charge is 0.349 e. The molecule has 0 aliphatic carbocycles. The summed E-state index contributed by atoms with van der Waals surface area (Å²) in [5, 5.41) is 1.42. The fourth-order valence-corrected chi connectivity index (χ4v) is 4.02. The molecule has 1 aromatic carbocycles. The van der Waals surface area contributed by atoms with E-state index in [1.54, 1.807) is 0 Å². The lowest BCUT2D eigenvalue weighted by atomic mass is 10.2. The summed E-state index contributed by atoms with van der Waals surface area (Å²) in [6.45, 7) is -0.442. The third kappa shape index (κ3) is 3.49. The third-order valence-electron chi connectivity index (χ3n) is 2.75. The second-order valence-electron chi connectivity index (χ2n) is 4.17. The van der Waals surface area contributed by atoms with E-state index >= 15 is 0 Å². The van der Waals surface area contributed by atoms with Gasteiger partial charge in [-0.15, -0.1) is 11.3 Å². The molecule has 0 atom stereocenters. The Morgan fingerprint density at radius 3 is 2.73 bits per heavy atom. The van der Waals surface area contributed by atoms with Crippen LogP contribution >= 0.6 is 11.3 Å². The number of esters is 1. The average molecular weight is 347 g/mol. The second-order valence-corrected chi connectivity index (χ2v) is 6.82. The Balaban J connectivity index is 2.24. The summed E-state index contributed by atoms with van der Waals surface area (Å²) in [4.78, 5) is 11.2. The Hall–Kier alpha value is -1.84. The molecule has 0 bridgehead atoms.